The van der Waals surface area contributed by atoms with E-state index >= 15 is 0 Å². The van der Waals surface area contributed by atoms with Gasteiger partial charge in [-0.1, -0.05) is 17.7 Å². The van der Waals surface area contributed by atoms with Crippen LogP contribution in [0.4, 0.5) is 21.6 Å². The zero-order valence-electron chi connectivity index (χ0n) is 21.5. The van der Waals surface area contributed by atoms with Gasteiger partial charge in [0.15, 0.2) is 0 Å². The van der Waals surface area contributed by atoms with Gasteiger partial charge in [0.2, 0.25) is 5.91 Å². The minimum absolute atomic E-state index is 0.00966. The lowest BCUT2D eigenvalue weighted by molar-refractivity contribution is -0.112. The summed E-state index contributed by atoms with van der Waals surface area (Å²) in [6.45, 7) is 2.24. The van der Waals surface area contributed by atoms with Crippen molar-refractivity contribution in [2.24, 2.45) is 0 Å². The second kappa shape index (κ2) is 11.5. The summed E-state index contributed by atoms with van der Waals surface area (Å²) >= 11 is 5.97. The van der Waals surface area contributed by atoms with Crippen LogP contribution >= 0.6 is 11.6 Å². The van der Waals surface area contributed by atoms with Crippen LogP contribution in [0.2, 0.25) is 5.02 Å². The maximum Gasteiger partial charge on any atom is 0.248 e. The third-order valence-electron chi connectivity index (χ3n) is 7.75. The van der Waals surface area contributed by atoms with E-state index in [4.69, 9.17) is 21.1 Å². The molecule has 3 aliphatic rings. The number of anilines is 3. The van der Waals surface area contributed by atoms with Crippen LogP contribution in [0.15, 0.2) is 48.8 Å². The number of hydrogen-bond acceptors (Lipinski definition) is 7. The number of nitrogens with one attached hydrogen (secondary N) is 2. The van der Waals surface area contributed by atoms with Gasteiger partial charge in [0.25, 0.3) is 0 Å². The normalized spacial score (nSPS) is 21.6. The molecule has 6 rings (SSSR count). The third kappa shape index (κ3) is 5.85. The number of morpholine rings is 1. The number of carbonyl (C=O) groups is 1. The number of carbonyl (C=O) groups excluding carboxylic acids is 1. The smallest absolute Gasteiger partial charge is 0.248 e. The molecule has 3 aromatic rings. The molecule has 1 saturated carbocycles. The van der Waals surface area contributed by atoms with E-state index in [9.17, 15) is 9.18 Å². The average molecular weight is 552 g/mol. The Kier molecular flexibility index (Phi) is 7.63. The molecule has 2 unspecified atom stereocenters. The Morgan fingerprint density at radius 2 is 1.92 bits per heavy atom. The van der Waals surface area contributed by atoms with Crippen LogP contribution in [0.3, 0.4) is 0 Å². The number of ether oxygens (including phenoxy) is 2. The Morgan fingerprint density at radius 1 is 1.13 bits per heavy atom. The first-order valence-electron chi connectivity index (χ1n) is 13.5. The summed E-state index contributed by atoms with van der Waals surface area (Å²) in [6.07, 6.45) is 11.6. The molecule has 1 aliphatic carbocycles. The molecule has 0 radical (unpaired) electrons. The summed E-state index contributed by atoms with van der Waals surface area (Å²) in [6, 6.07) is 8.90. The van der Waals surface area contributed by atoms with Crippen LogP contribution in [0.25, 0.3) is 10.9 Å². The molecule has 2 atom stereocenters. The molecular formula is C29H31ClFN5O3. The molecule has 3 fully saturated rings. The number of aromatic nitrogens is 2. The maximum atomic E-state index is 13.7. The summed E-state index contributed by atoms with van der Waals surface area (Å²) < 4.78 is 25.7. The lowest BCUT2D eigenvalue weighted by Crippen LogP contribution is -2.45. The van der Waals surface area contributed by atoms with Gasteiger partial charge in [-0.15, -0.1) is 0 Å². The number of nitrogens with zero attached hydrogens (tertiary/aromatic N) is 3. The predicted molar refractivity (Wildman–Crippen MR) is 149 cm³/mol. The molecule has 39 heavy (non-hydrogen) atoms. The Bertz CT molecular complexity index is 1380. The zero-order chi connectivity index (χ0) is 26.8. The van der Waals surface area contributed by atoms with Crippen molar-refractivity contribution in [3.05, 3.63) is 59.7 Å². The van der Waals surface area contributed by atoms with Gasteiger partial charge in [-0.2, -0.15) is 0 Å². The predicted octanol–water partition coefficient (Wildman–Crippen LogP) is 5.85. The number of fused-ring (bicyclic) bond motifs is 3. The molecule has 0 spiro atoms. The molecule has 204 valence electrons. The van der Waals surface area contributed by atoms with Gasteiger partial charge in [-0.25, -0.2) is 14.4 Å². The molecule has 2 aliphatic heterocycles. The van der Waals surface area contributed by atoms with Crippen LogP contribution in [-0.2, 0) is 9.53 Å². The van der Waals surface area contributed by atoms with Crippen molar-refractivity contribution in [3.63, 3.8) is 0 Å². The fourth-order valence-electron chi connectivity index (χ4n) is 5.74. The molecule has 3 heterocycles. The molecule has 8 nitrogen and oxygen atoms in total. The molecular weight excluding hydrogens is 521 g/mol. The molecule has 1 aromatic heterocycles. The van der Waals surface area contributed by atoms with Gasteiger partial charge in [0.1, 0.15) is 23.7 Å². The SMILES string of the molecule is O=C(C=CCN1C2CCC1COC2)Nc1cc2c(Nc3ccc(F)c(Cl)c3)ncnc2cc1OC1CCCC1. The van der Waals surface area contributed by atoms with Crippen molar-refractivity contribution < 1.29 is 18.7 Å². The van der Waals surface area contributed by atoms with Gasteiger partial charge in [-0.05, 0) is 62.8 Å². The van der Waals surface area contributed by atoms with E-state index in [1.54, 1.807) is 12.1 Å². The molecule has 2 bridgehead atoms. The maximum absolute atomic E-state index is 13.7. The Balaban J connectivity index is 1.25. The van der Waals surface area contributed by atoms with Gasteiger partial charge in [0.05, 0.1) is 35.5 Å². The highest BCUT2D eigenvalue weighted by atomic mass is 35.5. The third-order valence-corrected chi connectivity index (χ3v) is 8.04. The Hall–Kier alpha value is -3.27. The van der Waals surface area contributed by atoms with Crippen molar-refractivity contribution in [2.75, 3.05) is 30.4 Å². The van der Waals surface area contributed by atoms with Crippen LogP contribution in [0.1, 0.15) is 38.5 Å². The summed E-state index contributed by atoms with van der Waals surface area (Å²) in [5.74, 6) is 0.353. The fraction of sp³-hybridized carbons (Fsp3) is 0.414. The number of hydrogen-bond donors (Lipinski definition) is 2. The quantitative estimate of drug-likeness (QED) is 0.340. The van der Waals surface area contributed by atoms with E-state index < -0.39 is 5.82 Å². The van der Waals surface area contributed by atoms with Crippen molar-refractivity contribution >= 4 is 45.6 Å². The molecule has 2 N–H and O–H groups in total. The van der Waals surface area contributed by atoms with E-state index in [1.807, 2.05) is 18.2 Å². The largest absolute Gasteiger partial charge is 0.488 e. The van der Waals surface area contributed by atoms with Crippen molar-refractivity contribution in [1.29, 1.82) is 0 Å². The lowest BCUT2D eigenvalue weighted by Gasteiger charge is -2.33. The Labute approximate surface area is 231 Å². The van der Waals surface area contributed by atoms with Gasteiger partial charge >= 0.3 is 0 Å². The summed E-state index contributed by atoms with van der Waals surface area (Å²) in [5.41, 5.74) is 1.79. The zero-order valence-corrected chi connectivity index (χ0v) is 22.3. The van der Waals surface area contributed by atoms with E-state index in [0.29, 0.717) is 45.9 Å². The standard InChI is InChI=1S/C29H31ClFN5O3/c30-23-12-18(7-10-24(23)31)34-29-22-13-26(27(14-25(22)32-17-33-29)39-21-4-1-2-5-21)35-28(37)6-3-11-36-19-8-9-20(36)16-38-15-19/h3,6-7,10,12-14,17,19-21H,1-2,4-5,8-9,11,15-16H2,(H,35,37)(H,32,33,34). The van der Waals surface area contributed by atoms with E-state index in [-0.39, 0.29) is 17.0 Å². The second-order valence-electron chi connectivity index (χ2n) is 10.4. The van der Waals surface area contributed by atoms with E-state index in [1.165, 1.54) is 18.5 Å². The Morgan fingerprint density at radius 3 is 2.69 bits per heavy atom. The minimum Gasteiger partial charge on any atom is -0.488 e. The molecule has 10 heteroatoms. The van der Waals surface area contributed by atoms with Gasteiger partial charge in [0, 0.05) is 41.8 Å². The first-order chi connectivity index (χ1) is 19.0. The number of benzene rings is 2. The lowest BCUT2D eigenvalue weighted by atomic mass is 10.1. The number of halogens is 2. The number of amides is 1. The molecule has 1 amide bonds. The highest BCUT2D eigenvalue weighted by Crippen LogP contribution is 2.36. The van der Waals surface area contributed by atoms with Crippen LogP contribution < -0.4 is 15.4 Å². The monoisotopic (exact) mass is 551 g/mol. The summed E-state index contributed by atoms with van der Waals surface area (Å²) in [4.78, 5) is 24.3. The average Bonchev–Trinajstić information content (AvgIpc) is 3.50. The minimum atomic E-state index is -0.497. The van der Waals surface area contributed by atoms with Crippen LogP contribution in [0, 0.1) is 5.82 Å². The molecule has 2 aromatic carbocycles. The van der Waals surface area contributed by atoms with Crippen LogP contribution in [0.5, 0.6) is 5.75 Å². The van der Waals surface area contributed by atoms with E-state index in [2.05, 4.69) is 25.5 Å². The van der Waals surface area contributed by atoms with Crippen molar-refractivity contribution in [2.45, 2.75) is 56.7 Å². The highest BCUT2D eigenvalue weighted by molar-refractivity contribution is 6.31. The van der Waals surface area contributed by atoms with Crippen molar-refractivity contribution in [1.82, 2.24) is 14.9 Å². The first-order valence-corrected chi connectivity index (χ1v) is 13.9. The summed E-state index contributed by atoms with van der Waals surface area (Å²) in [5, 5.41) is 6.89. The van der Waals surface area contributed by atoms with E-state index in [0.717, 1.165) is 58.3 Å². The highest BCUT2D eigenvalue weighted by Gasteiger charge is 2.36. The van der Waals surface area contributed by atoms with Crippen LogP contribution in [-0.4, -0.2) is 58.7 Å². The van der Waals surface area contributed by atoms with Gasteiger partial charge < -0.3 is 20.1 Å². The number of rotatable bonds is 8. The summed E-state index contributed by atoms with van der Waals surface area (Å²) in [7, 11) is 0. The topological polar surface area (TPSA) is 88.6 Å². The molecule has 2 saturated heterocycles. The van der Waals surface area contributed by atoms with Gasteiger partial charge in [-0.3, -0.25) is 9.69 Å². The first kappa shape index (κ1) is 26.0. The second-order valence-corrected chi connectivity index (χ2v) is 10.8. The fourth-order valence-corrected chi connectivity index (χ4v) is 5.92. The van der Waals surface area contributed by atoms with Crippen molar-refractivity contribution in [3.8, 4) is 5.75 Å².